The number of pyridine rings is 1. The van der Waals surface area contributed by atoms with Crippen LogP contribution in [0.4, 0.5) is 5.82 Å². The third-order valence-electron chi connectivity index (χ3n) is 5.93. The third kappa shape index (κ3) is 3.66. The van der Waals surface area contributed by atoms with Crippen LogP contribution in [0.15, 0.2) is 73.1 Å². The number of aryl methyl sites for hydroxylation is 2. The molecular formula is C25H23N7O2. The zero-order valence-electron chi connectivity index (χ0n) is 18.6. The number of carbonyl (C=O) groups is 2. The Balaban J connectivity index is 1.59. The Morgan fingerprint density at radius 1 is 1.09 bits per heavy atom. The predicted octanol–water partition coefficient (Wildman–Crippen LogP) is 2.84. The van der Waals surface area contributed by atoms with Crippen molar-refractivity contribution in [1.29, 1.82) is 5.41 Å². The van der Waals surface area contributed by atoms with Crippen molar-refractivity contribution in [3.05, 3.63) is 84.2 Å². The number of imidazole rings is 1. The second-order valence-electron chi connectivity index (χ2n) is 7.97. The maximum atomic E-state index is 13.0. The molecule has 0 unspecified atom stereocenters. The van der Waals surface area contributed by atoms with Gasteiger partial charge in [-0.1, -0.05) is 18.2 Å². The number of imide groups is 1. The maximum Gasteiger partial charge on any atom is 0.261 e. The first-order valence-electron chi connectivity index (χ1n) is 10.9. The van der Waals surface area contributed by atoms with Crippen molar-refractivity contribution in [1.82, 2.24) is 24.4 Å². The summed E-state index contributed by atoms with van der Waals surface area (Å²) in [6.07, 6.45) is 9.84. The van der Waals surface area contributed by atoms with Crippen LogP contribution in [0.25, 0.3) is 16.5 Å². The quantitative estimate of drug-likeness (QED) is 0.280. The summed E-state index contributed by atoms with van der Waals surface area (Å²) in [6, 6.07) is 11.2. The molecule has 0 saturated heterocycles. The van der Waals surface area contributed by atoms with Gasteiger partial charge in [-0.2, -0.15) is 0 Å². The second-order valence-corrected chi connectivity index (χ2v) is 7.97. The lowest BCUT2D eigenvalue weighted by atomic mass is 9.95. The molecule has 5 rings (SSSR count). The molecular weight excluding hydrogens is 430 g/mol. The molecule has 34 heavy (non-hydrogen) atoms. The van der Waals surface area contributed by atoms with E-state index in [1.54, 1.807) is 37.9 Å². The molecule has 9 heteroatoms. The molecule has 3 N–H and O–H groups in total. The standard InChI is InChI=1S/C25H23N7O2/c1-27-23-17(7-4-9-29-23)22(26)21-20(24(33)30-25(21)34)18-14-32(19-8-3-2-6-16(18)19)12-5-11-31-13-10-28-15-31/h2-4,6-10,13-15,26H,5,11-12H2,1H3,(H,27,29)(H,30,33,34). The number of carbonyl (C=O) groups excluding carboxylic acids is 2. The van der Waals surface area contributed by atoms with Gasteiger partial charge in [-0.05, 0) is 24.6 Å². The summed E-state index contributed by atoms with van der Waals surface area (Å²) in [5.41, 5.74) is 2.27. The molecule has 0 atom stereocenters. The number of hydrogen-bond acceptors (Lipinski definition) is 6. The molecule has 1 aliphatic rings. The summed E-state index contributed by atoms with van der Waals surface area (Å²) in [4.78, 5) is 34.1. The summed E-state index contributed by atoms with van der Waals surface area (Å²) in [7, 11) is 1.70. The van der Waals surface area contributed by atoms with Gasteiger partial charge >= 0.3 is 0 Å². The lowest BCUT2D eigenvalue weighted by Gasteiger charge is -2.10. The van der Waals surface area contributed by atoms with Gasteiger partial charge in [0.05, 0.1) is 23.2 Å². The number of rotatable bonds is 8. The van der Waals surface area contributed by atoms with Gasteiger partial charge in [0.1, 0.15) is 5.82 Å². The number of hydrogen-bond donors (Lipinski definition) is 3. The van der Waals surface area contributed by atoms with Crippen molar-refractivity contribution in [2.75, 3.05) is 12.4 Å². The van der Waals surface area contributed by atoms with E-state index < -0.39 is 11.8 Å². The highest BCUT2D eigenvalue weighted by atomic mass is 16.2. The van der Waals surface area contributed by atoms with Crippen molar-refractivity contribution >= 4 is 39.8 Å². The topological polar surface area (TPSA) is 118 Å². The minimum Gasteiger partial charge on any atom is -0.373 e. The zero-order valence-corrected chi connectivity index (χ0v) is 18.6. The summed E-state index contributed by atoms with van der Waals surface area (Å²) < 4.78 is 4.11. The lowest BCUT2D eigenvalue weighted by molar-refractivity contribution is -0.123. The molecule has 0 spiro atoms. The van der Waals surface area contributed by atoms with Crippen LogP contribution < -0.4 is 10.6 Å². The van der Waals surface area contributed by atoms with Crippen molar-refractivity contribution in [3.63, 3.8) is 0 Å². The van der Waals surface area contributed by atoms with Crippen molar-refractivity contribution in [3.8, 4) is 0 Å². The van der Waals surface area contributed by atoms with Crippen molar-refractivity contribution in [2.24, 2.45) is 0 Å². The average molecular weight is 454 g/mol. The highest BCUT2D eigenvalue weighted by molar-refractivity contribution is 6.47. The summed E-state index contributed by atoms with van der Waals surface area (Å²) in [5.74, 6) is -0.609. The molecule has 1 aliphatic heterocycles. The monoisotopic (exact) mass is 453 g/mol. The highest BCUT2D eigenvalue weighted by Gasteiger charge is 2.36. The molecule has 0 aliphatic carbocycles. The van der Waals surface area contributed by atoms with E-state index in [2.05, 4.69) is 25.2 Å². The number of anilines is 1. The average Bonchev–Trinajstić information content (AvgIpc) is 3.57. The van der Waals surface area contributed by atoms with Crippen LogP contribution in [0.5, 0.6) is 0 Å². The fourth-order valence-electron chi connectivity index (χ4n) is 4.37. The summed E-state index contributed by atoms with van der Waals surface area (Å²) in [6.45, 7) is 1.54. The Morgan fingerprint density at radius 3 is 2.74 bits per heavy atom. The zero-order chi connectivity index (χ0) is 23.7. The molecule has 4 aromatic rings. The van der Waals surface area contributed by atoms with Crippen LogP contribution >= 0.6 is 0 Å². The predicted molar refractivity (Wildman–Crippen MR) is 129 cm³/mol. The number of amides is 2. The van der Waals surface area contributed by atoms with Gasteiger partial charge in [-0.25, -0.2) is 9.97 Å². The van der Waals surface area contributed by atoms with E-state index in [1.807, 2.05) is 41.2 Å². The van der Waals surface area contributed by atoms with Gasteiger partial charge < -0.3 is 14.5 Å². The van der Waals surface area contributed by atoms with Crippen LogP contribution in [-0.2, 0) is 22.7 Å². The molecule has 0 bridgehead atoms. The van der Waals surface area contributed by atoms with E-state index in [4.69, 9.17) is 5.41 Å². The molecule has 2 amide bonds. The highest BCUT2D eigenvalue weighted by Crippen LogP contribution is 2.34. The van der Waals surface area contributed by atoms with Gasteiger partial charge in [-0.15, -0.1) is 0 Å². The molecule has 0 saturated carbocycles. The van der Waals surface area contributed by atoms with Gasteiger partial charge in [0.15, 0.2) is 0 Å². The van der Waals surface area contributed by atoms with E-state index in [0.717, 1.165) is 30.4 Å². The van der Waals surface area contributed by atoms with Crippen LogP contribution in [0.2, 0.25) is 0 Å². The Labute approximate surface area is 195 Å². The van der Waals surface area contributed by atoms with Gasteiger partial charge in [0.2, 0.25) is 0 Å². The molecule has 0 fully saturated rings. The van der Waals surface area contributed by atoms with Crippen LogP contribution in [0.3, 0.4) is 0 Å². The van der Waals surface area contributed by atoms with Gasteiger partial charge in [-0.3, -0.25) is 20.3 Å². The summed E-state index contributed by atoms with van der Waals surface area (Å²) >= 11 is 0. The van der Waals surface area contributed by atoms with Crippen molar-refractivity contribution < 1.29 is 9.59 Å². The molecule has 0 radical (unpaired) electrons. The fraction of sp³-hybridized carbons (Fsp3) is 0.160. The summed E-state index contributed by atoms with van der Waals surface area (Å²) in [5, 5.41) is 15.0. The maximum absolute atomic E-state index is 13.0. The molecule has 3 aromatic heterocycles. The van der Waals surface area contributed by atoms with E-state index in [-0.39, 0.29) is 16.9 Å². The van der Waals surface area contributed by atoms with E-state index >= 15 is 0 Å². The fourth-order valence-corrected chi connectivity index (χ4v) is 4.37. The third-order valence-corrected chi connectivity index (χ3v) is 5.93. The first-order chi connectivity index (χ1) is 16.6. The minimum atomic E-state index is -0.576. The number of para-hydroxylation sites is 1. The smallest absolute Gasteiger partial charge is 0.261 e. The largest absolute Gasteiger partial charge is 0.373 e. The number of nitrogens with one attached hydrogen (secondary N) is 3. The molecule has 1 aromatic carbocycles. The van der Waals surface area contributed by atoms with E-state index in [0.29, 0.717) is 16.9 Å². The van der Waals surface area contributed by atoms with Crippen molar-refractivity contribution in [2.45, 2.75) is 19.5 Å². The number of fused-ring (bicyclic) bond motifs is 1. The van der Waals surface area contributed by atoms with E-state index in [9.17, 15) is 9.59 Å². The minimum absolute atomic E-state index is 0.0484. The molecule has 9 nitrogen and oxygen atoms in total. The second kappa shape index (κ2) is 8.78. The molecule has 4 heterocycles. The Kier molecular flexibility index (Phi) is 5.51. The van der Waals surface area contributed by atoms with Gasteiger partial charge in [0, 0.05) is 67.0 Å². The number of aromatic nitrogens is 4. The lowest BCUT2D eigenvalue weighted by Crippen LogP contribution is -2.25. The Morgan fingerprint density at radius 2 is 1.94 bits per heavy atom. The first kappa shape index (κ1) is 21.3. The SMILES string of the molecule is CNc1ncccc1C(=N)C1=C(c2cn(CCCn3ccnc3)c3ccccc23)C(=O)NC1=O. The van der Waals surface area contributed by atoms with Crippen LogP contribution in [0.1, 0.15) is 17.5 Å². The normalized spacial score (nSPS) is 13.6. The molecule has 170 valence electrons. The van der Waals surface area contributed by atoms with Crippen LogP contribution in [-0.4, -0.2) is 43.7 Å². The van der Waals surface area contributed by atoms with Gasteiger partial charge in [0.25, 0.3) is 11.8 Å². The Hall–Kier alpha value is -4.53. The number of benzene rings is 1. The van der Waals surface area contributed by atoms with E-state index in [1.165, 1.54) is 0 Å². The number of nitrogens with zero attached hydrogens (tertiary/aromatic N) is 4. The van der Waals surface area contributed by atoms with Crippen LogP contribution in [0, 0.1) is 5.41 Å². The first-order valence-corrected chi connectivity index (χ1v) is 10.9. The Bertz CT molecular complexity index is 1450.